The van der Waals surface area contributed by atoms with Gasteiger partial charge in [-0.3, -0.25) is 4.79 Å². The molecule has 1 amide bonds. The van der Waals surface area contributed by atoms with Crippen molar-refractivity contribution >= 4 is 5.91 Å². The summed E-state index contributed by atoms with van der Waals surface area (Å²) in [6.07, 6.45) is 5.66. The Morgan fingerprint density at radius 3 is 2.54 bits per heavy atom. The van der Waals surface area contributed by atoms with E-state index in [9.17, 15) is 9.18 Å². The monoisotopic (exact) mass is 475 g/mol. The maximum Gasteiger partial charge on any atom is 0.222 e. The topological polar surface area (TPSA) is 58.4 Å². The predicted octanol–water partition coefficient (Wildman–Crippen LogP) is 5.12. The number of benzene rings is 2. The van der Waals surface area contributed by atoms with Crippen molar-refractivity contribution in [2.75, 3.05) is 26.2 Å². The molecule has 2 aromatic carbocycles. The molecule has 1 N–H and O–H groups in total. The molecule has 2 atom stereocenters. The van der Waals surface area contributed by atoms with Crippen LogP contribution in [0.4, 0.5) is 4.39 Å². The van der Waals surface area contributed by atoms with Crippen molar-refractivity contribution in [2.24, 2.45) is 17.8 Å². The maximum atomic E-state index is 13.2. The summed E-state index contributed by atoms with van der Waals surface area (Å²) in [4.78, 5) is 15.3. The molecule has 35 heavy (non-hydrogen) atoms. The van der Waals surface area contributed by atoms with Crippen LogP contribution in [-0.4, -0.2) is 42.1 Å². The lowest BCUT2D eigenvalue weighted by Gasteiger charge is -2.36. The van der Waals surface area contributed by atoms with Gasteiger partial charge in [0.05, 0.1) is 5.69 Å². The maximum absolute atomic E-state index is 13.2. The van der Waals surface area contributed by atoms with Crippen LogP contribution in [0.3, 0.4) is 0 Å². The number of piperidine rings is 2. The summed E-state index contributed by atoms with van der Waals surface area (Å²) in [6, 6.07) is 18.9. The Labute approximate surface area is 206 Å². The lowest BCUT2D eigenvalue weighted by molar-refractivity contribution is -0.134. The van der Waals surface area contributed by atoms with E-state index in [1.54, 1.807) is 12.1 Å². The van der Waals surface area contributed by atoms with Crippen molar-refractivity contribution in [2.45, 2.75) is 38.5 Å². The van der Waals surface area contributed by atoms with Crippen LogP contribution in [-0.2, 0) is 17.6 Å². The van der Waals surface area contributed by atoms with Crippen molar-refractivity contribution in [3.8, 4) is 11.3 Å². The summed E-state index contributed by atoms with van der Waals surface area (Å²) < 4.78 is 18.8. The molecule has 5 rings (SSSR count). The van der Waals surface area contributed by atoms with E-state index in [-0.39, 0.29) is 5.82 Å². The second kappa shape index (κ2) is 11.2. The molecular formula is C29H34FN3O2. The van der Waals surface area contributed by atoms with Crippen LogP contribution in [0.2, 0.25) is 0 Å². The van der Waals surface area contributed by atoms with E-state index in [0.717, 1.165) is 69.5 Å². The standard InChI is InChI=1S/C29H34FN3O2/c30-26-8-6-23(7-9-26)28-19-27(32-35-28)17-25-20-31-13-10-24(25)18-29(34)33-14-11-22(12-15-33)16-21-4-2-1-3-5-21/h1-9,19,22,24-25,31H,10-18,20H2. The number of carbonyl (C=O) groups is 1. The van der Waals surface area contributed by atoms with Gasteiger partial charge in [-0.15, -0.1) is 0 Å². The van der Waals surface area contributed by atoms with E-state index < -0.39 is 0 Å². The minimum atomic E-state index is -0.269. The smallest absolute Gasteiger partial charge is 0.222 e. The Morgan fingerprint density at radius 2 is 1.77 bits per heavy atom. The van der Waals surface area contributed by atoms with E-state index >= 15 is 0 Å². The summed E-state index contributed by atoms with van der Waals surface area (Å²) in [5.74, 6) is 2.03. The normalized spacial score (nSPS) is 21.2. The number of carbonyl (C=O) groups excluding carboxylic acids is 1. The first-order valence-corrected chi connectivity index (χ1v) is 12.9. The van der Waals surface area contributed by atoms with Gasteiger partial charge >= 0.3 is 0 Å². The predicted molar refractivity (Wildman–Crippen MR) is 134 cm³/mol. The Balaban J connectivity index is 1.14. The van der Waals surface area contributed by atoms with Gasteiger partial charge in [-0.1, -0.05) is 35.5 Å². The number of amides is 1. The van der Waals surface area contributed by atoms with Crippen molar-refractivity contribution < 1.29 is 13.7 Å². The fourth-order valence-electron chi connectivity index (χ4n) is 5.60. The molecule has 5 nitrogen and oxygen atoms in total. The minimum Gasteiger partial charge on any atom is -0.356 e. The SMILES string of the molecule is O=C(CC1CCNCC1Cc1cc(-c2ccc(F)cc2)on1)N1CCC(Cc2ccccc2)CC1. The molecule has 2 fully saturated rings. The van der Waals surface area contributed by atoms with Crippen molar-refractivity contribution in [3.63, 3.8) is 0 Å². The molecule has 2 aliphatic heterocycles. The summed E-state index contributed by atoms with van der Waals surface area (Å²) in [7, 11) is 0. The molecule has 6 heteroatoms. The van der Waals surface area contributed by atoms with Crippen molar-refractivity contribution in [1.29, 1.82) is 0 Å². The third kappa shape index (κ3) is 6.17. The Hall–Kier alpha value is -2.99. The number of halogens is 1. The van der Waals surface area contributed by atoms with E-state index in [2.05, 4.69) is 45.7 Å². The molecule has 3 aromatic rings. The molecule has 184 valence electrons. The fourth-order valence-corrected chi connectivity index (χ4v) is 5.60. The molecule has 0 radical (unpaired) electrons. The highest BCUT2D eigenvalue weighted by molar-refractivity contribution is 5.76. The number of rotatable bonds is 7. The molecule has 0 bridgehead atoms. The Morgan fingerprint density at radius 1 is 1.00 bits per heavy atom. The highest BCUT2D eigenvalue weighted by Gasteiger charge is 2.31. The van der Waals surface area contributed by atoms with Crippen LogP contribution in [0.15, 0.2) is 65.2 Å². The first-order valence-electron chi connectivity index (χ1n) is 12.9. The lowest BCUT2D eigenvalue weighted by Crippen LogP contribution is -2.43. The third-order valence-corrected chi connectivity index (χ3v) is 7.70. The molecule has 2 unspecified atom stereocenters. The summed E-state index contributed by atoms with van der Waals surface area (Å²) in [5.41, 5.74) is 3.09. The first-order chi connectivity index (χ1) is 17.1. The average molecular weight is 476 g/mol. The molecule has 2 saturated heterocycles. The molecule has 3 heterocycles. The minimum absolute atomic E-state index is 0.269. The van der Waals surface area contributed by atoms with Gasteiger partial charge in [-0.2, -0.15) is 0 Å². The van der Waals surface area contributed by atoms with E-state index in [0.29, 0.717) is 35.8 Å². The largest absolute Gasteiger partial charge is 0.356 e. The number of hydrogen-bond donors (Lipinski definition) is 1. The van der Waals surface area contributed by atoms with Gasteiger partial charge < -0.3 is 14.7 Å². The van der Waals surface area contributed by atoms with Crippen LogP contribution in [0, 0.1) is 23.6 Å². The van der Waals surface area contributed by atoms with Crippen LogP contribution < -0.4 is 5.32 Å². The Kier molecular flexibility index (Phi) is 7.57. The zero-order valence-electron chi connectivity index (χ0n) is 20.2. The van der Waals surface area contributed by atoms with Crippen molar-refractivity contribution in [1.82, 2.24) is 15.4 Å². The van der Waals surface area contributed by atoms with Gasteiger partial charge in [0.15, 0.2) is 5.76 Å². The summed E-state index contributed by atoms with van der Waals surface area (Å²) >= 11 is 0. The quantitative estimate of drug-likeness (QED) is 0.515. The van der Waals surface area contributed by atoms with Gasteiger partial charge in [0.1, 0.15) is 5.82 Å². The number of aromatic nitrogens is 1. The lowest BCUT2D eigenvalue weighted by atomic mass is 9.80. The fraction of sp³-hybridized carbons (Fsp3) is 0.448. The molecule has 0 saturated carbocycles. The molecule has 1 aromatic heterocycles. The number of nitrogens with one attached hydrogen (secondary N) is 1. The second-order valence-electron chi connectivity index (χ2n) is 10.1. The van der Waals surface area contributed by atoms with Gasteiger partial charge in [-0.05, 0) is 92.8 Å². The van der Waals surface area contributed by atoms with Crippen LogP contribution in [0.25, 0.3) is 11.3 Å². The summed E-state index contributed by atoms with van der Waals surface area (Å²) in [6.45, 7) is 3.58. The van der Waals surface area contributed by atoms with Crippen LogP contribution in [0.5, 0.6) is 0 Å². The first kappa shape index (κ1) is 23.7. The number of nitrogens with zero attached hydrogens (tertiary/aromatic N) is 2. The second-order valence-corrected chi connectivity index (χ2v) is 10.1. The molecule has 2 aliphatic rings. The van der Waals surface area contributed by atoms with Crippen LogP contribution in [0.1, 0.15) is 36.9 Å². The van der Waals surface area contributed by atoms with Crippen molar-refractivity contribution in [3.05, 3.63) is 77.7 Å². The van der Waals surface area contributed by atoms with E-state index in [1.165, 1.54) is 17.7 Å². The van der Waals surface area contributed by atoms with Gasteiger partial charge in [0.25, 0.3) is 0 Å². The Bertz CT molecular complexity index is 1090. The molecule has 0 aliphatic carbocycles. The molecule has 0 spiro atoms. The van der Waals surface area contributed by atoms with Gasteiger partial charge in [0.2, 0.25) is 5.91 Å². The highest BCUT2D eigenvalue weighted by atomic mass is 19.1. The van der Waals surface area contributed by atoms with E-state index in [4.69, 9.17) is 4.52 Å². The zero-order valence-corrected chi connectivity index (χ0v) is 20.2. The molecular weight excluding hydrogens is 441 g/mol. The van der Waals surface area contributed by atoms with Gasteiger partial charge in [-0.25, -0.2) is 4.39 Å². The average Bonchev–Trinajstić information content (AvgIpc) is 3.35. The van der Waals surface area contributed by atoms with Gasteiger partial charge in [0, 0.05) is 31.1 Å². The zero-order chi connectivity index (χ0) is 24.0. The third-order valence-electron chi connectivity index (χ3n) is 7.70. The number of likely N-dealkylation sites (tertiary alicyclic amines) is 1. The number of hydrogen-bond acceptors (Lipinski definition) is 4. The summed E-state index contributed by atoms with van der Waals surface area (Å²) in [5, 5.41) is 7.75. The van der Waals surface area contributed by atoms with E-state index in [1.807, 2.05) is 6.07 Å². The highest BCUT2D eigenvalue weighted by Crippen LogP contribution is 2.30. The van der Waals surface area contributed by atoms with Crippen LogP contribution >= 0.6 is 0 Å².